The normalized spacial score (nSPS) is 12.3. The van der Waals surface area contributed by atoms with Crippen LogP contribution in [0, 0.1) is 0 Å². The van der Waals surface area contributed by atoms with Crippen LogP contribution in [0.25, 0.3) is 139 Å². The van der Waals surface area contributed by atoms with Gasteiger partial charge in [-0.25, -0.2) is 15.0 Å². The second-order valence-electron chi connectivity index (χ2n) is 15.9. The van der Waals surface area contributed by atoms with Gasteiger partial charge in [-0.15, -0.1) is 0 Å². The fourth-order valence-corrected chi connectivity index (χ4v) is 9.99. The fraction of sp³-hybridized carbons (Fsp3) is 0. The van der Waals surface area contributed by atoms with E-state index < -0.39 is 0 Å². The first-order chi connectivity index (χ1) is 30.2. The molecular formula is C55H30N4O2. The Morgan fingerprint density at radius 2 is 0.984 bits per heavy atom. The first-order valence-electron chi connectivity index (χ1n) is 20.5. The van der Waals surface area contributed by atoms with Gasteiger partial charge in [0.15, 0.2) is 23.1 Å². The van der Waals surface area contributed by atoms with Gasteiger partial charge in [0.1, 0.15) is 16.7 Å². The minimum absolute atomic E-state index is 0.562. The van der Waals surface area contributed by atoms with E-state index in [0.717, 1.165) is 77.3 Å². The van der Waals surface area contributed by atoms with Crippen LogP contribution in [-0.2, 0) is 0 Å². The van der Waals surface area contributed by atoms with Crippen molar-refractivity contribution in [3.05, 3.63) is 182 Å². The highest BCUT2D eigenvalue weighted by atomic mass is 16.3. The van der Waals surface area contributed by atoms with Crippen LogP contribution in [0.5, 0.6) is 0 Å². The third-order valence-corrected chi connectivity index (χ3v) is 12.6. The summed E-state index contributed by atoms with van der Waals surface area (Å²) in [6.45, 7) is 0. The van der Waals surface area contributed by atoms with Crippen molar-refractivity contribution in [1.82, 2.24) is 19.5 Å². The van der Waals surface area contributed by atoms with Crippen molar-refractivity contribution < 1.29 is 8.83 Å². The molecule has 0 aliphatic heterocycles. The molecule has 0 N–H and O–H groups in total. The molecule has 4 aromatic heterocycles. The average Bonchev–Trinajstić information content (AvgIpc) is 3.98. The fourth-order valence-electron chi connectivity index (χ4n) is 9.99. The molecule has 0 saturated heterocycles. The van der Waals surface area contributed by atoms with Gasteiger partial charge in [-0.2, -0.15) is 0 Å². The van der Waals surface area contributed by atoms with E-state index in [1.54, 1.807) is 0 Å². The van der Waals surface area contributed by atoms with E-state index in [4.69, 9.17) is 23.8 Å². The molecule has 1 aliphatic rings. The third-order valence-electron chi connectivity index (χ3n) is 12.6. The molecule has 1 aliphatic carbocycles. The summed E-state index contributed by atoms with van der Waals surface area (Å²) in [7, 11) is 0. The maximum Gasteiger partial charge on any atom is 0.164 e. The zero-order valence-corrected chi connectivity index (χ0v) is 32.4. The van der Waals surface area contributed by atoms with Crippen molar-refractivity contribution in [2.24, 2.45) is 0 Å². The van der Waals surface area contributed by atoms with Crippen LogP contribution in [0.2, 0.25) is 0 Å². The lowest BCUT2D eigenvalue weighted by Crippen LogP contribution is -2.00. The summed E-state index contributed by atoms with van der Waals surface area (Å²) in [5, 5.41) is 9.09. The number of aromatic nitrogens is 4. The van der Waals surface area contributed by atoms with E-state index in [1.165, 1.54) is 43.8 Å². The molecule has 0 fully saturated rings. The first kappa shape index (κ1) is 32.6. The third kappa shape index (κ3) is 4.53. The Kier molecular flexibility index (Phi) is 6.46. The average molecular weight is 779 g/mol. The summed E-state index contributed by atoms with van der Waals surface area (Å²) in [5.41, 5.74) is 14.0. The van der Waals surface area contributed by atoms with Crippen LogP contribution in [0.1, 0.15) is 0 Å². The molecule has 0 spiro atoms. The maximum absolute atomic E-state index is 6.98. The smallest absolute Gasteiger partial charge is 0.164 e. The molecule has 6 heteroatoms. The van der Waals surface area contributed by atoms with Crippen molar-refractivity contribution in [1.29, 1.82) is 0 Å². The standard InChI is InChI=1S/C55H30N4O2/c1-2-12-32(13-3-1)53-56-54(33-26-28-37-36-17-6-7-24-45(36)60-47(37)30-33)58-55(57-53)41-21-11-25-46-49(41)40-20-10-23-44(52(40)61-46)59-42-22-9-19-39-35-16-5-4-15-34(35)38-18-8-14-31-27-29-43(59)51(48(31)38)50(39)42/h1-30H. The Balaban J connectivity index is 1.02. The van der Waals surface area contributed by atoms with Crippen molar-refractivity contribution in [3.63, 3.8) is 0 Å². The highest BCUT2D eigenvalue weighted by molar-refractivity contribution is 6.30. The summed E-state index contributed by atoms with van der Waals surface area (Å²) >= 11 is 0. The number of furan rings is 2. The Morgan fingerprint density at radius 3 is 1.87 bits per heavy atom. The SMILES string of the molecule is c1ccc(-c2nc(-c3ccc4c(c3)oc3ccccc34)nc(-c3cccc4oc5c(-n6c7cccc8c7c7c9c(cccc9ccc76)-c6ccccc6-8)cccc5c34)n2)cc1. The summed E-state index contributed by atoms with van der Waals surface area (Å²) in [6.07, 6.45) is 0. The highest BCUT2D eigenvalue weighted by Gasteiger charge is 2.26. The predicted octanol–water partition coefficient (Wildman–Crippen LogP) is 14.6. The quantitative estimate of drug-likeness (QED) is 0.178. The Bertz CT molecular complexity index is 4010. The second-order valence-corrected chi connectivity index (χ2v) is 15.9. The summed E-state index contributed by atoms with van der Waals surface area (Å²) < 4.78 is 15.7. The van der Waals surface area contributed by atoms with Crippen molar-refractivity contribution in [2.75, 3.05) is 0 Å². The van der Waals surface area contributed by atoms with Crippen molar-refractivity contribution in [3.8, 4) is 62.1 Å². The summed E-state index contributed by atoms with van der Waals surface area (Å²) in [4.78, 5) is 15.4. The number of hydrogen-bond acceptors (Lipinski definition) is 5. The molecule has 6 nitrogen and oxygen atoms in total. The zero-order chi connectivity index (χ0) is 39.8. The van der Waals surface area contributed by atoms with E-state index in [-0.39, 0.29) is 0 Å². The van der Waals surface area contributed by atoms with Gasteiger partial charge in [0, 0.05) is 49.0 Å². The second kappa shape index (κ2) is 12.1. The molecule has 0 atom stereocenters. The molecule has 14 rings (SSSR count). The van der Waals surface area contributed by atoms with Gasteiger partial charge in [-0.3, -0.25) is 0 Å². The van der Waals surface area contributed by atoms with Gasteiger partial charge in [-0.05, 0) is 75.5 Å². The van der Waals surface area contributed by atoms with Crippen LogP contribution in [0.4, 0.5) is 0 Å². The lowest BCUT2D eigenvalue weighted by atomic mass is 9.93. The Morgan fingerprint density at radius 1 is 0.344 bits per heavy atom. The first-order valence-corrected chi connectivity index (χ1v) is 20.5. The van der Waals surface area contributed by atoms with Crippen LogP contribution in [-0.4, -0.2) is 19.5 Å². The highest BCUT2D eigenvalue weighted by Crippen LogP contribution is 2.50. The lowest BCUT2D eigenvalue weighted by Gasteiger charge is -2.13. The topological polar surface area (TPSA) is 69.9 Å². The molecule has 282 valence electrons. The van der Waals surface area contributed by atoms with Gasteiger partial charge in [0.2, 0.25) is 0 Å². The monoisotopic (exact) mass is 778 g/mol. The molecule has 13 aromatic rings. The van der Waals surface area contributed by atoms with E-state index in [1.807, 2.05) is 66.7 Å². The van der Waals surface area contributed by atoms with E-state index in [0.29, 0.717) is 17.5 Å². The Labute approximate surface area is 347 Å². The van der Waals surface area contributed by atoms with Gasteiger partial charge < -0.3 is 13.4 Å². The number of fused-ring (bicyclic) bond motifs is 9. The van der Waals surface area contributed by atoms with Gasteiger partial charge in [0.05, 0.1) is 16.7 Å². The van der Waals surface area contributed by atoms with Gasteiger partial charge in [-0.1, -0.05) is 140 Å². The van der Waals surface area contributed by atoms with Crippen molar-refractivity contribution >= 4 is 76.5 Å². The van der Waals surface area contributed by atoms with Gasteiger partial charge >= 0.3 is 0 Å². The predicted molar refractivity (Wildman–Crippen MR) is 247 cm³/mol. The molecular weight excluding hydrogens is 749 g/mol. The number of benzene rings is 9. The number of nitrogens with zero attached hydrogens (tertiary/aromatic N) is 4. The lowest BCUT2D eigenvalue weighted by molar-refractivity contribution is 0.666. The number of para-hydroxylation sites is 2. The molecule has 0 unspecified atom stereocenters. The van der Waals surface area contributed by atoms with E-state index in [2.05, 4.69) is 120 Å². The van der Waals surface area contributed by atoms with Crippen LogP contribution >= 0.6 is 0 Å². The summed E-state index contributed by atoms with van der Waals surface area (Å²) in [6, 6.07) is 63.7. The van der Waals surface area contributed by atoms with Crippen LogP contribution < -0.4 is 0 Å². The molecule has 9 aromatic carbocycles. The molecule has 0 amide bonds. The molecule has 4 heterocycles. The maximum atomic E-state index is 6.98. The van der Waals surface area contributed by atoms with Crippen molar-refractivity contribution in [2.45, 2.75) is 0 Å². The van der Waals surface area contributed by atoms with Crippen LogP contribution in [0.3, 0.4) is 0 Å². The molecule has 0 radical (unpaired) electrons. The summed E-state index contributed by atoms with van der Waals surface area (Å²) in [5.74, 6) is 1.72. The minimum atomic E-state index is 0.562. The molecule has 0 saturated carbocycles. The zero-order valence-electron chi connectivity index (χ0n) is 32.4. The molecule has 61 heavy (non-hydrogen) atoms. The largest absolute Gasteiger partial charge is 0.456 e. The van der Waals surface area contributed by atoms with Crippen LogP contribution in [0.15, 0.2) is 191 Å². The number of rotatable bonds is 4. The Hall–Kier alpha value is -8.35. The molecule has 0 bridgehead atoms. The van der Waals surface area contributed by atoms with E-state index >= 15 is 0 Å². The number of hydrogen-bond donors (Lipinski definition) is 0. The minimum Gasteiger partial charge on any atom is -0.456 e. The van der Waals surface area contributed by atoms with Gasteiger partial charge in [0.25, 0.3) is 0 Å². The van der Waals surface area contributed by atoms with E-state index in [9.17, 15) is 0 Å².